The minimum absolute atomic E-state index is 0.0115. The van der Waals surface area contributed by atoms with Crippen LogP contribution in [0.1, 0.15) is 24.8 Å². The van der Waals surface area contributed by atoms with Crippen LogP contribution in [0.4, 0.5) is 8.78 Å². The molecule has 16 heavy (non-hydrogen) atoms. The molecule has 1 saturated carbocycles. The fourth-order valence-electron chi connectivity index (χ4n) is 1.93. The van der Waals surface area contributed by atoms with E-state index >= 15 is 0 Å². The molecule has 0 heterocycles. The number of isocyanates is 1. The lowest BCUT2D eigenvalue weighted by atomic mass is 9.72. The summed E-state index contributed by atoms with van der Waals surface area (Å²) in [6, 6.07) is 1.59. The maximum Gasteiger partial charge on any atom is 0.235 e. The highest BCUT2D eigenvalue weighted by molar-refractivity contribution is 5.41. The lowest BCUT2D eigenvalue weighted by molar-refractivity contribution is 0.245. The van der Waals surface area contributed by atoms with Crippen molar-refractivity contribution in [2.45, 2.75) is 24.8 Å². The Morgan fingerprint density at radius 1 is 1.31 bits per heavy atom. The fourth-order valence-corrected chi connectivity index (χ4v) is 1.93. The third kappa shape index (κ3) is 1.49. The van der Waals surface area contributed by atoms with Crippen LogP contribution in [0.2, 0.25) is 0 Å². The average molecular weight is 225 g/mol. The zero-order chi connectivity index (χ0) is 11.8. The van der Waals surface area contributed by atoms with Gasteiger partial charge in [0.25, 0.3) is 0 Å². The molecule has 0 bridgehead atoms. The Kier molecular flexibility index (Phi) is 2.48. The van der Waals surface area contributed by atoms with Gasteiger partial charge >= 0.3 is 0 Å². The number of rotatable bonds is 2. The largest absolute Gasteiger partial charge is 0.505 e. The number of phenols is 1. The Labute approximate surface area is 90.4 Å². The molecule has 84 valence electrons. The Bertz CT molecular complexity index is 477. The second-order valence-electron chi connectivity index (χ2n) is 3.87. The zero-order valence-corrected chi connectivity index (χ0v) is 8.33. The molecule has 0 saturated heterocycles. The minimum atomic E-state index is -0.986. The van der Waals surface area contributed by atoms with Crippen molar-refractivity contribution >= 4 is 6.08 Å². The molecule has 0 aromatic heterocycles. The smallest absolute Gasteiger partial charge is 0.235 e. The highest BCUT2D eigenvalue weighted by atomic mass is 19.1. The number of phenolic OH excluding ortho intramolecular Hbond substituents is 1. The van der Waals surface area contributed by atoms with Crippen molar-refractivity contribution < 1.29 is 18.7 Å². The first-order valence-electron chi connectivity index (χ1n) is 4.86. The maximum atomic E-state index is 13.6. The third-order valence-electron chi connectivity index (χ3n) is 2.98. The molecule has 1 aliphatic carbocycles. The molecular formula is C11H9F2NO2. The van der Waals surface area contributed by atoms with Crippen LogP contribution in [0.3, 0.4) is 0 Å². The van der Waals surface area contributed by atoms with Crippen LogP contribution in [-0.4, -0.2) is 11.2 Å². The number of aliphatic imine (C=N–C) groups is 1. The SMILES string of the molecule is O=C=NC1(c2cc(F)c(O)cc2F)CCC1. The monoisotopic (exact) mass is 225 g/mol. The number of hydrogen-bond acceptors (Lipinski definition) is 3. The molecule has 0 spiro atoms. The van der Waals surface area contributed by atoms with E-state index < -0.39 is 22.9 Å². The highest BCUT2D eigenvalue weighted by Gasteiger charge is 2.41. The number of hydrogen-bond donors (Lipinski definition) is 1. The number of benzene rings is 1. The Balaban J connectivity index is 2.54. The van der Waals surface area contributed by atoms with Gasteiger partial charge in [-0.25, -0.2) is 13.6 Å². The van der Waals surface area contributed by atoms with E-state index in [2.05, 4.69) is 4.99 Å². The van der Waals surface area contributed by atoms with Gasteiger partial charge in [0.2, 0.25) is 6.08 Å². The van der Waals surface area contributed by atoms with Crippen LogP contribution in [0.15, 0.2) is 17.1 Å². The second-order valence-corrected chi connectivity index (χ2v) is 3.87. The number of halogens is 2. The van der Waals surface area contributed by atoms with E-state index in [1.54, 1.807) is 0 Å². The molecule has 1 aromatic carbocycles. The molecule has 0 amide bonds. The summed E-state index contributed by atoms with van der Waals surface area (Å²) < 4.78 is 26.7. The number of carbonyl (C=O) groups excluding carboxylic acids is 1. The van der Waals surface area contributed by atoms with Gasteiger partial charge in [-0.05, 0) is 25.3 Å². The van der Waals surface area contributed by atoms with Crippen molar-refractivity contribution in [2.75, 3.05) is 0 Å². The molecule has 0 atom stereocenters. The Morgan fingerprint density at radius 3 is 2.50 bits per heavy atom. The molecule has 2 rings (SSSR count). The number of nitrogens with zero attached hydrogens (tertiary/aromatic N) is 1. The lowest BCUT2D eigenvalue weighted by Crippen LogP contribution is -2.33. The van der Waals surface area contributed by atoms with Gasteiger partial charge in [-0.15, -0.1) is 0 Å². The molecular weight excluding hydrogens is 216 g/mol. The van der Waals surface area contributed by atoms with Crippen LogP contribution >= 0.6 is 0 Å². The van der Waals surface area contributed by atoms with Crippen LogP contribution in [0.5, 0.6) is 5.75 Å². The van der Waals surface area contributed by atoms with E-state index in [0.717, 1.165) is 12.5 Å². The summed E-state index contributed by atoms with van der Waals surface area (Å²) in [6.07, 6.45) is 3.17. The first kappa shape index (κ1) is 10.8. The quantitative estimate of drug-likeness (QED) is 0.620. The van der Waals surface area contributed by atoms with Crippen LogP contribution in [-0.2, 0) is 10.3 Å². The second kappa shape index (κ2) is 3.68. The molecule has 1 aromatic rings. The molecule has 1 aliphatic rings. The lowest BCUT2D eigenvalue weighted by Gasteiger charge is -2.37. The van der Waals surface area contributed by atoms with E-state index in [4.69, 9.17) is 5.11 Å². The van der Waals surface area contributed by atoms with E-state index in [9.17, 15) is 13.6 Å². The van der Waals surface area contributed by atoms with Gasteiger partial charge in [0.05, 0.1) is 0 Å². The summed E-state index contributed by atoms with van der Waals surface area (Å²) in [5, 5.41) is 8.99. The fraction of sp³-hybridized carbons (Fsp3) is 0.364. The third-order valence-corrected chi connectivity index (χ3v) is 2.98. The molecule has 0 radical (unpaired) electrons. The van der Waals surface area contributed by atoms with Gasteiger partial charge in [-0.3, -0.25) is 0 Å². The summed E-state index contributed by atoms with van der Waals surface area (Å²) in [7, 11) is 0. The predicted octanol–water partition coefficient (Wildman–Crippen LogP) is 2.39. The standard InChI is InChI=1S/C11H9F2NO2/c12-8-5-10(16)9(13)4-7(8)11(14-6-15)2-1-3-11/h4-5,16H,1-3H2. The molecule has 3 nitrogen and oxygen atoms in total. The van der Waals surface area contributed by atoms with E-state index in [0.29, 0.717) is 18.9 Å². The van der Waals surface area contributed by atoms with Crippen molar-refractivity contribution in [3.8, 4) is 5.75 Å². The summed E-state index contributed by atoms with van der Waals surface area (Å²) in [6.45, 7) is 0. The number of aromatic hydroxyl groups is 1. The molecule has 0 unspecified atom stereocenters. The molecule has 0 aliphatic heterocycles. The molecule has 5 heteroatoms. The van der Waals surface area contributed by atoms with Gasteiger partial charge in [0.15, 0.2) is 11.6 Å². The van der Waals surface area contributed by atoms with Crippen molar-refractivity contribution in [1.29, 1.82) is 0 Å². The van der Waals surface area contributed by atoms with Gasteiger partial charge in [-0.2, -0.15) is 4.99 Å². The summed E-state index contributed by atoms with van der Waals surface area (Å²) in [5.41, 5.74) is -0.974. The first-order chi connectivity index (χ1) is 7.59. The van der Waals surface area contributed by atoms with Crippen LogP contribution < -0.4 is 0 Å². The van der Waals surface area contributed by atoms with Crippen molar-refractivity contribution in [1.82, 2.24) is 0 Å². The van der Waals surface area contributed by atoms with Crippen molar-refractivity contribution in [3.05, 3.63) is 29.3 Å². The zero-order valence-electron chi connectivity index (χ0n) is 8.33. The van der Waals surface area contributed by atoms with Gasteiger partial charge in [0, 0.05) is 11.6 Å². The van der Waals surface area contributed by atoms with Crippen LogP contribution in [0.25, 0.3) is 0 Å². The Hall–Kier alpha value is -1.74. The average Bonchev–Trinajstić information content (AvgIpc) is 2.18. The van der Waals surface area contributed by atoms with Gasteiger partial charge in [0.1, 0.15) is 11.4 Å². The minimum Gasteiger partial charge on any atom is -0.505 e. The predicted molar refractivity (Wildman–Crippen MR) is 51.7 cm³/mol. The van der Waals surface area contributed by atoms with E-state index in [-0.39, 0.29) is 5.56 Å². The van der Waals surface area contributed by atoms with Gasteiger partial charge < -0.3 is 5.11 Å². The normalized spacial score (nSPS) is 17.4. The summed E-state index contributed by atoms with van der Waals surface area (Å²) >= 11 is 0. The highest BCUT2D eigenvalue weighted by Crippen LogP contribution is 2.46. The molecule has 1 N–H and O–H groups in total. The van der Waals surface area contributed by atoms with Crippen LogP contribution in [0, 0.1) is 11.6 Å². The Morgan fingerprint density at radius 2 is 2.00 bits per heavy atom. The van der Waals surface area contributed by atoms with Crippen molar-refractivity contribution in [2.24, 2.45) is 4.99 Å². The summed E-state index contributed by atoms with van der Waals surface area (Å²) in [4.78, 5) is 13.9. The summed E-state index contributed by atoms with van der Waals surface area (Å²) in [5.74, 6) is -2.41. The van der Waals surface area contributed by atoms with E-state index in [1.807, 2.05) is 0 Å². The van der Waals surface area contributed by atoms with Crippen molar-refractivity contribution in [3.63, 3.8) is 0 Å². The maximum absolute atomic E-state index is 13.6. The van der Waals surface area contributed by atoms with E-state index in [1.165, 1.54) is 6.08 Å². The first-order valence-corrected chi connectivity index (χ1v) is 4.86. The topological polar surface area (TPSA) is 49.7 Å². The molecule has 1 fully saturated rings. The van der Waals surface area contributed by atoms with Gasteiger partial charge in [-0.1, -0.05) is 0 Å².